The van der Waals surface area contributed by atoms with Gasteiger partial charge in [0.15, 0.2) is 0 Å². The molecule has 0 aliphatic rings. The third kappa shape index (κ3) is 5.81. The van der Waals surface area contributed by atoms with E-state index < -0.39 is 6.10 Å². The summed E-state index contributed by atoms with van der Waals surface area (Å²) in [5, 5.41) is 25.9. The number of aliphatic hydroxyl groups excluding tert-OH is 2. The minimum Gasteiger partial charge on any atom is -0.396 e. The lowest BCUT2D eigenvalue weighted by Crippen LogP contribution is -2.36. The van der Waals surface area contributed by atoms with Crippen molar-refractivity contribution in [2.24, 2.45) is 5.41 Å². The van der Waals surface area contributed by atoms with Crippen LogP contribution in [0.5, 0.6) is 0 Å². The molecule has 0 saturated carbocycles. The van der Waals surface area contributed by atoms with Gasteiger partial charge in [0.05, 0.1) is 12.6 Å². The highest BCUT2D eigenvalue weighted by Gasteiger charge is 2.17. The van der Waals surface area contributed by atoms with Crippen LogP contribution in [0.4, 0.5) is 0 Å². The van der Waals surface area contributed by atoms with Crippen molar-refractivity contribution in [2.45, 2.75) is 32.9 Å². The van der Waals surface area contributed by atoms with Crippen molar-refractivity contribution in [3.8, 4) is 0 Å². The average molecular weight is 241 g/mol. The smallest absolute Gasteiger partial charge is 0.0860 e. The zero-order valence-corrected chi connectivity index (χ0v) is 10.6. The lowest BCUT2D eigenvalue weighted by atomic mass is 9.90. The summed E-state index contributed by atoms with van der Waals surface area (Å²) in [5.74, 6) is 0. The normalized spacial score (nSPS) is 13.9. The molecule has 1 unspecified atom stereocenters. The molecule has 17 heavy (non-hydrogen) atoms. The molecule has 1 aromatic heterocycles. The molecule has 0 aliphatic carbocycles. The molecule has 1 heterocycles. The molecule has 3 N–H and O–H groups in total. The third-order valence-electron chi connectivity index (χ3n) is 2.73. The van der Waals surface area contributed by atoms with Crippen LogP contribution < -0.4 is 5.32 Å². The van der Waals surface area contributed by atoms with Crippen LogP contribution in [-0.2, 0) is 6.54 Å². The van der Waals surface area contributed by atoms with Gasteiger partial charge >= 0.3 is 0 Å². The zero-order valence-electron chi connectivity index (χ0n) is 10.6. The minimum atomic E-state index is -0.445. The summed E-state index contributed by atoms with van der Waals surface area (Å²) in [7, 11) is 0. The fraction of sp³-hybridized carbons (Fsp3) is 0.750. The van der Waals surface area contributed by atoms with Crippen molar-refractivity contribution in [1.29, 1.82) is 0 Å². The zero-order chi connectivity index (χ0) is 12.7. The van der Waals surface area contributed by atoms with Crippen LogP contribution in [-0.4, -0.2) is 45.8 Å². The summed E-state index contributed by atoms with van der Waals surface area (Å²) in [6.45, 7) is 6.20. The van der Waals surface area contributed by atoms with Crippen LogP contribution in [0.3, 0.4) is 0 Å². The molecule has 0 aromatic carbocycles. The van der Waals surface area contributed by atoms with E-state index in [0.29, 0.717) is 13.1 Å². The van der Waals surface area contributed by atoms with Crippen LogP contribution in [0, 0.1) is 5.41 Å². The van der Waals surface area contributed by atoms with Gasteiger partial charge in [0.2, 0.25) is 0 Å². The maximum Gasteiger partial charge on any atom is 0.0860 e. The van der Waals surface area contributed by atoms with Gasteiger partial charge in [-0.25, -0.2) is 0 Å². The molecule has 0 aliphatic heterocycles. The largest absolute Gasteiger partial charge is 0.396 e. The molecule has 5 nitrogen and oxygen atoms in total. The van der Waals surface area contributed by atoms with Crippen molar-refractivity contribution in [3.63, 3.8) is 0 Å². The fourth-order valence-corrected chi connectivity index (χ4v) is 1.66. The Hall–Kier alpha value is -0.910. The van der Waals surface area contributed by atoms with Gasteiger partial charge in [0.1, 0.15) is 0 Å². The van der Waals surface area contributed by atoms with Crippen molar-refractivity contribution in [2.75, 3.05) is 19.7 Å². The van der Waals surface area contributed by atoms with Crippen molar-refractivity contribution in [1.82, 2.24) is 15.1 Å². The van der Waals surface area contributed by atoms with E-state index in [1.54, 1.807) is 10.9 Å². The van der Waals surface area contributed by atoms with Gasteiger partial charge in [-0.15, -0.1) is 0 Å². The van der Waals surface area contributed by atoms with E-state index >= 15 is 0 Å². The predicted octanol–water partition coefficient (Wildman–Crippen LogP) is 0.242. The van der Waals surface area contributed by atoms with Crippen molar-refractivity contribution >= 4 is 0 Å². The van der Waals surface area contributed by atoms with Gasteiger partial charge in [-0.05, 0) is 17.9 Å². The minimum absolute atomic E-state index is 0.0557. The van der Waals surface area contributed by atoms with E-state index in [4.69, 9.17) is 5.11 Å². The molecular weight excluding hydrogens is 218 g/mol. The summed E-state index contributed by atoms with van der Waals surface area (Å²) in [6.07, 6.45) is 3.85. The van der Waals surface area contributed by atoms with Crippen LogP contribution in [0.2, 0.25) is 0 Å². The Bertz CT molecular complexity index is 299. The van der Waals surface area contributed by atoms with Crippen LogP contribution in [0.25, 0.3) is 0 Å². The molecule has 0 amide bonds. The summed E-state index contributed by atoms with van der Waals surface area (Å²) in [6, 6.07) is 1.84. The van der Waals surface area contributed by atoms with Crippen LogP contribution >= 0.6 is 0 Å². The number of nitrogens with one attached hydrogen (secondary N) is 1. The summed E-state index contributed by atoms with van der Waals surface area (Å²) >= 11 is 0. The maximum absolute atomic E-state index is 9.77. The molecule has 0 fully saturated rings. The first kappa shape index (κ1) is 14.2. The maximum atomic E-state index is 9.77. The average Bonchev–Trinajstić information content (AvgIpc) is 2.69. The van der Waals surface area contributed by atoms with Gasteiger partial charge in [0.25, 0.3) is 0 Å². The van der Waals surface area contributed by atoms with E-state index in [-0.39, 0.29) is 12.0 Å². The van der Waals surface area contributed by atoms with E-state index in [1.807, 2.05) is 12.3 Å². The van der Waals surface area contributed by atoms with E-state index in [2.05, 4.69) is 24.3 Å². The highest BCUT2D eigenvalue weighted by molar-refractivity contribution is 4.79. The molecule has 1 rings (SSSR count). The second kappa shape index (κ2) is 6.74. The van der Waals surface area contributed by atoms with Crippen molar-refractivity contribution < 1.29 is 10.2 Å². The quantitative estimate of drug-likeness (QED) is 0.610. The second-order valence-corrected chi connectivity index (χ2v) is 5.15. The Kier molecular flexibility index (Phi) is 5.61. The van der Waals surface area contributed by atoms with Crippen molar-refractivity contribution in [3.05, 3.63) is 18.5 Å². The number of rotatable bonds is 8. The first-order valence-electron chi connectivity index (χ1n) is 6.00. The Morgan fingerprint density at radius 1 is 1.47 bits per heavy atom. The Morgan fingerprint density at radius 3 is 2.82 bits per heavy atom. The van der Waals surface area contributed by atoms with Gasteiger partial charge in [-0.3, -0.25) is 4.68 Å². The van der Waals surface area contributed by atoms with Gasteiger partial charge < -0.3 is 15.5 Å². The third-order valence-corrected chi connectivity index (χ3v) is 2.73. The molecular formula is C12H23N3O2. The molecule has 98 valence electrons. The summed E-state index contributed by atoms with van der Waals surface area (Å²) < 4.78 is 1.71. The standard InChI is InChI=1S/C12H23N3O2/c1-12(2,4-7-16)10-13-8-11(17)9-15-6-3-5-14-15/h3,5-6,11,13,16-17H,4,7-10H2,1-2H3. The van der Waals surface area contributed by atoms with E-state index in [1.165, 1.54) is 0 Å². The SMILES string of the molecule is CC(C)(CCO)CNCC(O)Cn1cccn1. The Balaban J connectivity index is 2.18. The molecule has 0 bridgehead atoms. The predicted molar refractivity (Wildman–Crippen MR) is 66.6 cm³/mol. The fourth-order valence-electron chi connectivity index (χ4n) is 1.66. The first-order chi connectivity index (χ1) is 8.03. The molecule has 0 spiro atoms. The second-order valence-electron chi connectivity index (χ2n) is 5.15. The summed E-state index contributed by atoms with van der Waals surface area (Å²) in [5.41, 5.74) is 0.0557. The Morgan fingerprint density at radius 2 is 2.24 bits per heavy atom. The van der Waals surface area contributed by atoms with Crippen LogP contribution in [0.1, 0.15) is 20.3 Å². The van der Waals surface area contributed by atoms with Gasteiger partial charge in [-0.2, -0.15) is 5.10 Å². The molecule has 0 saturated heterocycles. The number of hydrogen-bond donors (Lipinski definition) is 3. The molecule has 1 atom stereocenters. The highest BCUT2D eigenvalue weighted by atomic mass is 16.3. The monoisotopic (exact) mass is 241 g/mol. The lowest BCUT2D eigenvalue weighted by molar-refractivity contribution is 0.138. The summed E-state index contributed by atoms with van der Waals surface area (Å²) in [4.78, 5) is 0. The lowest BCUT2D eigenvalue weighted by Gasteiger charge is -2.24. The Labute approximate surface area is 102 Å². The van der Waals surface area contributed by atoms with E-state index in [9.17, 15) is 5.11 Å². The first-order valence-corrected chi connectivity index (χ1v) is 6.00. The highest BCUT2D eigenvalue weighted by Crippen LogP contribution is 2.17. The number of hydrogen-bond acceptors (Lipinski definition) is 4. The molecule has 5 heteroatoms. The topological polar surface area (TPSA) is 70.3 Å². The van der Waals surface area contributed by atoms with Crippen LogP contribution in [0.15, 0.2) is 18.5 Å². The van der Waals surface area contributed by atoms with Gasteiger partial charge in [0, 0.05) is 32.1 Å². The van der Waals surface area contributed by atoms with Gasteiger partial charge in [-0.1, -0.05) is 13.8 Å². The van der Waals surface area contributed by atoms with E-state index in [0.717, 1.165) is 13.0 Å². The molecule has 0 radical (unpaired) electrons. The number of aromatic nitrogens is 2. The number of nitrogens with zero attached hydrogens (tertiary/aromatic N) is 2. The number of aliphatic hydroxyl groups is 2. The molecule has 1 aromatic rings.